The van der Waals surface area contributed by atoms with Gasteiger partial charge in [-0.05, 0) is 68.8 Å². The van der Waals surface area contributed by atoms with Crippen LogP contribution in [0.1, 0.15) is 93.6 Å². The monoisotopic (exact) mass is 518 g/mol. The predicted octanol–water partition coefficient (Wildman–Crippen LogP) is 6.14. The number of hydrogen-bond donors (Lipinski definition) is 1. The highest BCUT2D eigenvalue weighted by Gasteiger charge is 2.38. The number of carboxylic acid groups (broad SMARTS) is 1. The van der Waals surface area contributed by atoms with Crippen molar-refractivity contribution in [2.45, 2.75) is 101 Å². The number of thiophene rings is 1. The summed E-state index contributed by atoms with van der Waals surface area (Å²) >= 11 is 3.07. The molecule has 2 saturated carbocycles. The molecule has 1 N–H and O–H groups in total. The van der Waals surface area contributed by atoms with Crippen LogP contribution in [-0.2, 0) is 17.3 Å². The van der Waals surface area contributed by atoms with Crippen LogP contribution < -0.4 is 4.90 Å². The van der Waals surface area contributed by atoms with E-state index in [4.69, 9.17) is 0 Å². The van der Waals surface area contributed by atoms with Crippen molar-refractivity contribution >= 4 is 40.7 Å². The van der Waals surface area contributed by atoms with E-state index in [0.29, 0.717) is 21.7 Å². The topological polar surface area (TPSA) is 88.3 Å². The zero-order chi connectivity index (χ0) is 25.3. The Balaban J connectivity index is 1.61. The minimum Gasteiger partial charge on any atom is -0.477 e. The molecule has 192 valence electrons. The Kier molecular flexibility index (Phi) is 7.95. The number of aryl methyl sites for hydroxylation is 1. The second kappa shape index (κ2) is 10.6. The minimum atomic E-state index is -0.943. The highest BCUT2D eigenvalue weighted by molar-refractivity contribution is 7.99. The summed E-state index contributed by atoms with van der Waals surface area (Å²) in [4.78, 5) is 29.6. The lowest BCUT2D eigenvalue weighted by molar-refractivity contribution is -0.124. The third-order valence-electron chi connectivity index (χ3n) is 7.46. The van der Waals surface area contributed by atoms with Gasteiger partial charge >= 0.3 is 5.97 Å². The molecule has 2 aromatic rings. The summed E-state index contributed by atoms with van der Waals surface area (Å²) in [6.07, 6.45) is 9.30. The molecule has 7 nitrogen and oxygen atoms in total. The number of carbonyl (C=O) groups excluding carboxylic acids is 1. The molecule has 2 aromatic heterocycles. The van der Waals surface area contributed by atoms with E-state index in [1.54, 1.807) is 18.1 Å². The van der Waals surface area contributed by atoms with Gasteiger partial charge in [0.2, 0.25) is 5.91 Å². The maximum Gasteiger partial charge on any atom is 0.348 e. The zero-order valence-electron chi connectivity index (χ0n) is 21.5. The van der Waals surface area contributed by atoms with Gasteiger partial charge < -0.3 is 14.6 Å². The van der Waals surface area contributed by atoms with E-state index in [2.05, 4.69) is 37.9 Å². The Morgan fingerprint density at radius 2 is 1.77 bits per heavy atom. The molecule has 0 bridgehead atoms. The quantitative estimate of drug-likeness (QED) is 0.494. The highest BCUT2D eigenvalue weighted by atomic mass is 32.2. The Hall–Kier alpha value is -1.87. The van der Waals surface area contributed by atoms with Crippen molar-refractivity contribution in [3.05, 3.63) is 22.1 Å². The second-order valence-electron chi connectivity index (χ2n) is 11.3. The van der Waals surface area contributed by atoms with Gasteiger partial charge in [0.15, 0.2) is 5.16 Å². The summed E-state index contributed by atoms with van der Waals surface area (Å²) in [5.74, 6) is -0.176. The maximum absolute atomic E-state index is 14.0. The van der Waals surface area contributed by atoms with Gasteiger partial charge in [-0.25, -0.2) is 4.79 Å². The number of anilines is 1. The summed E-state index contributed by atoms with van der Waals surface area (Å²) in [5, 5.41) is 19.6. The first-order valence-corrected chi connectivity index (χ1v) is 14.5. The Bertz CT molecular complexity index is 1040. The summed E-state index contributed by atoms with van der Waals surface area (Å²) in [5.41, 5.74) is 0.437. The molecule has 0 saturated heterocycles. The smallest absolute Gasteiger partial charge is 0.348 e. The predicted molar refractivity (Wildman–Crippen MR) is 141 cm³/mol. The number of rotatable bonds is 6. The molecule has 2 aliphatic rings. The summed E-state index contributed by atoms with van der Waals surface area (Å²) < 4.78 is 1.94. The molecule has 2 fully saturated rings. The molecule has 2 aliphatic carbocycles. The normalized spacial score (nSPS) is 25.4. The van der Waals surface area contributed by atoms with Crippen LogP contribution in [0.2, 0.25) is 0 Å². The number of nitrogens with zero attached hydrogens (tertiary/aromatic N) is 4. The minimum absolute atomic E-state index is 0.0171. The van der Waals surface area contributed by atoms with Crippen molar-refractivity contribution in [1.29, 1.82) is 0 Å². The van der Waals surface area contributed by atoms with Crippen LogP contribution in [0.15, 0.2) is 17.6 Å². The molecule has 0 unspecified atom stereocenters. The van der Waals surface area contributed by atoms with E-state index in [-0.39, 0.29) is 23.3 Å². The van der Waals surface area contributed by atoms with Crippen LogP contribution >= 0.6 is 23.1 Å². The van der Waals surface area contributed by atoms with Crippen LogP contribution in [0.4, 0.5) is 5.69 Å². The summed E-state index contributed by atoms with van der Waals surface area (Å²) in [7, 11) is 1.95. The van der Waals surface area contributed by atoms with Crippen LogP contribution in [0.5, 0.6) is 0 Å². The van der Waals surface area contributed by atoms with Crippen LogP contribution in [-0.4, -0.2) is 43.0 Å². The number of amides is 1. The first-order chi connectivity index (χ1) is 16.5. The molecule has 1 amide bonds. The maximum atomic E-state index is 14.0. The number of carbonyl (C=O) groups is 2. The average molecular weight is 519 g/mol. The summed E-state index contributed by atoms with van der Waals surface area (Å²) in [6.45, 7) is 8.54. The van der Waals surface area contributed by atoms with E-state index in [1.807, 2.05) is 22.6 Å². The van der Waals surface area contributed by atoms with E-state index >= 15 is 0 Å². The van der Waals surface area contributed by atoms with Crippen molar-refractivity contribution in [1.82, 2.24) is 14.8 Å². The Labute approximate surface area is 216 Å². The van der Waals surface area contributed by atoms with E-state index in [9.17, 15) is 14.7 Å². The standard InChI is InChI=1S/C26H38N4O3S2/c1-16-6-8-17(9-7-16)23(31)30(20-14-21(26(2,3)4)35-22(20)24(32)33)18-10-12-19(13-11-18)34-25-28-27-15-29(25)5/h14-19H,6-13H2,1-5H3,(H,32,33). The van der Waals surface area contributed by atoms with Crippen molar-refractivity contribution in [3.8, 4) is 0 Å². The first kappa shape index (κ1) is 26.2. The molecule has 0 aromatic carbocycles. The Morgan fingerprint density at radius 3 is 2.31 bits per heavy atom. The van der Waals surface area contributed by atoms with Crippen molar-refractivity contribution in [3.63, 3.8) is 0 Å². The first-order valence-electron chi connectivity index (χ1n) is 12.8. The zero-order valence-corrected chi connectivity index (χ0v) is 23.1. The van der Waals surface area contributed by atoms with Gasteiger partial charge in [0, 0.05) is 29.1 Å². The third-order valence-corrected chi connectivity index (χ3v) is 10.4. The van der Waals surface area contributed by atoms with Gasteiger partial charge in [-0.3, -0.25) is 4.79 Å². The molecular weight excluding hydrogens is 480 g/mol. The number of carboxylic acids is 1. The van der Waals surface area contributed by atoms with Gasteiger partial charge in [0.1, 0.15) is 11.2 Å². The van der Waals surface area contributed by atoms with E-state index in [0.717, 1.165) is 61.4 Å². The molecule has 0 spiro atoms. The fourth-order valence-corrected chi connectivity index (χ4v) is 7.39. The number of thioether (sulfide) groups is 1. The fourth-order valence-electron chi connectivity index (χ4n) is 5.23. The molecule has 0 aliphatic heterocycles. The van der Waals surface area contributed by atoms with Crippen molar-refractivity contribution < 1.29 is 14.7 Å². The second-order valence-corrected chi connectivity index (χ2v) is 13.6. The average Bonchev–Trinajstić information content (AvgIpc) is 3.42. The number of aromatic nitrogens is 3. The summed E-state index contributed by atoms with van der Waals surface area (Å²) in [6, 6.07) is 2.01. The number of aromatic carboxylic acids is 1. The van der Waals surface area contributed by atoms with Gasteiger partial charge in [-0.15, -0.1) is 21.5 Å². The molecule has 9 heteroatoms. The lowest BCUT2D eigenvalue weighted by atomic mass is 9.81. The molecule has 0 radical (unpaired) electrons. The van der Waals surface area contributed by atoms with Crippen LogP contribution in [0.3, 0.4) is 0 Å². The third kappa shape index (κ3) is 5.93. The Morgan fingerprint density at radius 1 is 1.11 bits per heavy atom. The van der Waals surface area contributed by atoms with Crippen molar-refractivity contribution in [2.24, 2.45) is 18.9 Å². The fraction of sp³-hybridized carbons (Fsp3) is 0.692. The molecular formula is C26H38N4O3S2. The largest absolute Gasteiger partial charge is 0.477 e. The van der Waals surface area contributed by atoms with Gasteiger partial charge in [0.05, 0.1) is 5.69 Å². The van der Waals surface area contributed by atoms with E-state index in [1.165, 1.54) is 11.3 Å². The van der Waals surface area contributed by atoms with Gasteiger partial charge in [-0.1, -0.05) is 39.5 Å². The molecule has 0 atom stereocenters. The SMILES string of the molecule is CC1CCC(C(=O)N(c2cc(C(C)(C)C)sc2C(=O)O)C2CCC(Sc3nncn3C)CC2)CC1. The molecule has 4 rings (SSSR count). The van der Waals surface area contributed by atoms with Crippen LogP contribution in [0.25, 0.3) is 0 Å². The molecule has 35 heavy (non-hydrogen) atoms. The van der Waals surface area contributed by atoms with E-state index < -0.39 is 5.97 Å². The van der Waals surface area contributed by atoms with Gasteiger partial charge in [-0.2, -0.15) is 0 Å². The lowest BCUT2D eigenvalue weighted by Gasteiger charge is -2.39. The lowest BCUT2D eigenvalue weighted by Crippen LogP contribution is -2.46. The number of hydrogen-bond acceptors (Lipinski definition) is 6. The molecule has 2 heterocycles. The van der Waals surface area contributed by atoms with Crippen molar-refractivity contribution in [2.75, 3.05) is 4.90 Å². The highest BCUT2D eigenvalue weighted by Crippen LogP contribution is 2.43. The van der Waals surface area contributed by atoms with Gasteiger partial charge in [0.25, 0.3) is 0 Å². The van der Waals surface area contributed by atoms with Crippen LogP contribution in [0, 0.1) is 11.8 Å².